The van der Waals surface area contributed by atoms with E-state index in [1.54, 1.807) is 30.2 Å². The number of piperidine rings is 1. The Hall–Kier alpha value is -5.43. The van der Waals surface area contributed by atoms with E-state index in [2.05, 4.69) is 88.0 Å². The Labute approximate surface area is 428 Å². The van der Waals surface area contributed by atoms with Crippen molar-refractivity contribution in [1.82, 2.24) is 40.0 Å². The first-order valence-corrected chi connectivity index (χ1v) is 26.4. The summed E-state index contributed by atoms with van der Waals surface area (Å²) < 4.78 is 22.9. The standard InChI is InChI=1S/C54H74N9O8Si/c1-10-44(64)61-27-28-71-53(33-61)20-25-59(26-21-53)51(68)58(8)46(35(3)4)48(65)56-42-29-37-15-13-23-60(32-37)38-17-18-43-40(30-38)41(47(62(43)11-2)39-16-12-22-55-45(39)36(5)69-9)31-52(6,7)34-70-50(67)54(72)19-14-24-63(57-54)49(42)66/h10,12,16-18,22-23,30,35-37,42,46,57H,1,11,13-15,19-21,24-29,31-34H2,2-9H3/p+1/t36-,37?,42-,46-,54-/m0/s1. The van der Waals surface area contributed by atoms with Gasteiger partial charge in [0, 0.05) is 99.4 Å². The van der Waals surface area contributed by atoms with E-state index in [1.165, 1.54) is 16.0 Å². The van der Waals surface area contributed by atoms with Gasteiger partial charge in [-0.05, 0) is 94.5 Å². The van der Waals surface area contributed by atoms with Crippen LogP contribution in [0.15, 0.2) is 49.2 Å². The molecule has 1 aromatic carbocycles. The van der Waals surface area contributed by atoms with Gasteiger partial charge in [0.15, 0.2) is 6.54 Å². The lowest BCUT2D eigenvalue weighted by molar-refractivity contribution is -0.451. The van der Waals surface area contributed by atoms with Crippen LogP contribution in [0.1, 0.15) is 104 Å². The second kappa shape index (κ2) is 21.6. The molecule has 18 heteroatoms. The molecule has 5 aliphatic rings. The van der Waals surface area contributed by atoms with Crippen molar-refractivity contribution in [2.45, 2.75) is 128 Å². The fourth-order valence-electron chi connectivity index (χ4n) is 11.7. The largest absolute Gasteiger partial charge is 0.464 e. The Morgan fingerprint density at radius 2 is 1.86 bits per heavy atom. The SMILES string of the molecule is C=CC(=O)N1CCOC2(CCN(C(=O)N(C)[C@H](C(=O)N[C@H]3CC4CCC=[N+](C4)c4ccc5c(c4)c(c(-c4cccnc4[C@H](C)OC)n5CC)CC(C)(C)COC(=O)[C@@]4([Si])CCCN(N4)C3=O)C(C)C)CC2)C1. The van der Waals surface area contributed by atoms with Gasteiger partial charge in [0.05, 0.1) is 53.1 Å². The number of hydrazine groups is 1. The molecule has 387 valence electrons. The maximum atomic E-state index is 15.0. The number of cyclic esters (lactones) is 1. The van der Waals surface area contributed by atoms with E-state index in [9.17, 15) is 24.0 Å². The molecule has 0 aliphatic carbocycles. The molecule has 6 bridgehead atoms. The van der Waals surface area contributed by atoms with Crippen molar-refractivity contribution in [2.75, 3.05) is 66.6 Å². The second-order valence-electron chi connectivity index (χ2n) is 21.8. The van der Waals surface area contributed by atoms with Gasteiger partial charge in [0.1, 0.15) is 23.5 Å². The zero-order chi connectivity index (χ0) is 51.7. The number of aryl methyl sites for hydroxylation is 1. The third-order valence-corrected chi connectivity index (χ3v) is 16.2. The van der Waals surface area contributed by atoms with Crippen molar-refractivity contribution in [3.8, 4) is 11.3 Å². The van der Waals surface area contributed by atoms with Crippen LogP contribution in [0.3, 0.4) is 0 Å². The number of esters is 1. The Bertz CT molecular complexity index is 2590. The maximum absolute atomic E-state index is 15.0. The van der Waals surface area contributed by atoms with Gasteiger partial charge < -0.3 is 38.8 Å². The molecule has 3 saturated heterocycles. The summed E-state index contributed by atoms with van der Waals surface area (Å²) in [7, 11) is 7.11. The minimum atomic E-state index is -1.40. The van der Waals surface area contributed by atoms with Crippen LogP contribution in [-0.2, 0) is 46.4 Å². The minimum Gasteiger partial charge on any atom is -0.464 e. The molecular formula is C54H75N9O8Si+. The van der Waals surface area contributed by atoms with Crippen molar-refractivity contribution in [3.63, 3.8) is 0 Å². The van der Waals surface area contributed by atoms with Gasteiger partial charge in [-0.15, -0.1) is 0 Å². The molecule has 3 radical (unpaired) electrons. The number of likely N-dealkylation sites (tertiary alicyclic amines) is 1. The van der Waals surface area contributed by atoms with E-state index in [0.717, 1.165) is 51.9 Å². The average Bonchev–Trinajstić information content (AvgIpc) is 3.67. The monoisotopic (exact) mass is 1010 g/mol. The summed E-state index contributed by atoms with van der Waals surface area (Å²) >= 11 is 0. The lowest BCUT2D eigenvalue weighted by Crippen LogP contribution is -2.67. The number of nitrogens with one attached hydrogen (secondary N) is 2. The highest BCUT2D eigenvalue weighted by molar-refractivity contribution is 6.27. The van der Waals surface area contributed by atoms with Crippen molar-refractivity contribution in [2.24, 2.45) is 17.3 Å². The summed E-state index contributed by atoms with van der Waals surface area (Å²) in [5.41, 5.74) is 8.24. The number of carbonyl (C=O) groups is 5. The fourth-order valence-corrected chi connectivity index (χ4v) is 12.1. The van der Waals surface area contributed by atoms with Gasteiger partial charge in [0.25, 0.3) is 5.91 Å². The van der Waals surface area contributed by atoms with Crippen molar-refractivity contribution in [1.29, 1.82) is 0 Å². The quantitative estimate of drug-likeness (QED) is 0.121. The Morgan fingerprint density at radius 3 is 2.57 bits per heavy atom. The highest BCUT2D eigenvalue weighted by Crippen LogP contribution is 2.42. The van der Waals surface area contributed by atoms with Crippen LogP contribution in [0.5, 0.6) is 0 Å². The number of hydrogen-bond donors (Lipinski definition) is 2. The molecule has 3 fully saturated rings. The van der Waals surface area contributed by atoms with E-state index in [0.29, 0.717) is 90.9 Å². The van der Waals surface area contributed by atoms with Gasteiger partial charge in [-0.25, -0.2) is 14.8 Å². The molecule has 2 N–H and O–H groups in total. The molecule has 3 aromatic rings. The van der Waals surface area contributed by atoms with Gasteiger partial charge in [-0.1, -0.05) is 34.3 Å². The summed E-state index contributed by atoms with van der Waals surface area (Å²) in [6, 6.07) is 8.51. The number of urea groups is 1. The van der Waals surface area contributed by atoms with Crippen LogP contribution in [0.2, 0.25) is 0 Å². The molecule has 1 unspecified atom stereocenters. The lowest BCUT2D eigenvalue weighted by atomic mass is 9.84. The molecule has 17 nitrogen and oxygen atoms in total. The molecule has 72 heavy (non-hydrogen) atoms. The van der Waals surface area contributed by atoms with Gasteiger partial charge in [-0.3, -0.25) is 29.2 Å². The molecule has 5 amide bonds. The van der Waals surface area contributed by atoms with Gasteiger partial charge >= 0.3 is 12.0 Å². The maximum Gasteiger partial charge on any atom is 0.323 e. The molecule has 1 spiro atoms. The van der Waals surface area contributed by atoms with Gasteiger partial charge in [-0.2, -0.15) is 0 Å². The summed E-state index contributed by atoms with van der Waals surface area (Å²) in [6.45, 7) is 19.7. The number of morpholine rings is 1. The number of hydrogen-bond acceptors (Lipinski definition) is 10. The summed E-state index contributed by atoms with van der Waals surface area (Å²) in [4.78, 5) is 80.7. The van der Waals surface area contributed by atoms with E-state index in [4.69, 9.17) is 19.2 Å². The second-order valence-corrected chi connectivity index (χ2v) is 22.6. The molecule has 2 aromatic heterocycles. The van der Waals surface area contributed by atoms with Crippen LogP contribution < -0.4 is 10.7 Å². The summed E-state index contributed by atoms with van der Waals surface area (Å²) in [5, 5.41) is 4.31. The zero-order valence-corrected chi connectivity index (χ0v) is 44.6. The lowest BCUT2D eigenvalue weighted by Gasteiger charge is -2.47. The van der Waals surface area contributed by atoms with Gasteiger partial charge in [0.2, 0.25) is 17.5 Å². The molecule has 0 saturated carbocycles. The Morgan fingerprint density at radius 1 is 1.10 bits per heavy atom. The predicted octanol–water partition coefficient (Wildman–Crippen LogP) is 5.50. The van der Waals surface area contributed by atoms with Crippen molar-refractivity contribution < 1.29 is 42.8 Å². The number of amides is 5. The number of rotatable bonds is 9. The minimum absolute atomic E-state index is 0.0123. The van der Waals surface area contributed by atoms with Crippen LogP contribution in [0, 0.1) is 17.3 Å². The number of carbonyl (C=O) groups excluding carboxylic acids is 5. The number of fused-ring (bicyclic) bond motifs is 6. The van der Waals surface area contributed by atoms with Crippen LogP contribution >= 0.6 is 0 Å². The van der Waals surface area contributed by atoms with Crippen LogP contribution in [-0.4, -0.2) is 170 Å². The molecule has 8 rings (SSSR count). The average molecular weight is 1010 g/mol. The Balaban J connectivity index is 1.10. The highest BCUT2D eigenvalue weighted by atomic mass is 28.1. The van der Waals surface area contributed by atoms with E-state index < -0.39 is 40.1 Å². The molecular weight excluding hydrogens is 931 g/mol. The number of aromatic nitrogens is 2. The molecule has 5 aliphatic heterocycles. The molecule has 7 heterocycles. The topological polar surface area (TPSA) is 171 Å². The third-order valence-electron chi connectivity index (χ3n) is 15.6. The number of pyridine rings is 1. The summed E-state index contributed by atoms with van der Waals surface area (Å²) in [5.74, 6) is -1.79. The Kier molecular flexibility index (Phi) is 15.8. The predicted molar refractivity (Wildman–Crippen MR) is 275 cm³/mol. The van der Waals surface area contributed by atoms with Crippen molar-refractivity contribution >= 4 is 62.8 Å². The van der Waals surface area contributed by atoms with E-state index in [-0.39, 0.29) is 42.4 Å². The van der Waals surface area contributed by atoms with Crippen LogP contribution in [0.25, 0.3) is 22.2 Å². The number of ether oxygens (including phenoxy) is 3. The zero-order valence-electron chi connectivity index (χ0n) is 43.6. The fraction of sp³-hybridized carbons (Fsp3) is 0.611. The van der Waals surface area contributed by atoms with E-state index >= 15 is 0 Å². The summed E-state index contributed by atoms with van der Waals surface area (Å²) in [6.07, 6.45) is 9.52. The number of likely N-dealkylation sites (N-methyl/N-ethyl adjacent to an activating group) is 1. The smallest absolute Gasteiger partial charge is 0.323 e. The van der Waals surface area contributed by atoms with Crippen molar-refractivity contribution in [3.05, 3.63) is 60.4 Å². The number of benzene rings is 1. The normalized spacial score (nSPS) is 24.5. The highest BCUT2D eigenvalue weighted by Gasteiger charge is 2.46. The number of nitrogens with zero attached hydrogens (tertiary/aromatic N) is 7. The molecule has 5 atom stereocenters. The first-order valence-electron chi connectivity index (χ1n) is 25.9. The first-order chi connectivity index (χ1) is 34.3. The number of methoxy groups -OCH3 is 1. The third kappa shape index (κ3) is 10.8. The first kappa shape index (κ1) is 52.9. The van der Waals surface area contributed by atoms with E-state index in [1.807, 2.05) is 26.8 Å². The van der Waals surface area contributed by atoms with Crippen LogP contribution in [0.4, 0.5) is 10.5 Å².